The topological polar surface area (TPSA) is 91.6 Å². The fourth-order valence-corrected chi connectivity index (χ4v) is 5.01. The van der Waals surface area contributed by atoms with E-state index in [0.717, 1.165) is 11.3 Å². The summed E-state index contributed by atoms with van der Waals surface area (Å²) in [6, 6.07) is 0. The maximum absolute atomic E-state index is 13.8. The number of fused-ring (bicyclic) bond motifs is 1. The molecule has 0 atom stereocenters. The van der Waals surface area contributed by atoms with Crippen LogP contribution in [-0.4, -0.2) is 47.1 Å². The number of rotatable bonds is 8. The van der Waals surface area contributed by atoms with Crippen molar-refractivity contribution >= 4 is 27.5 Å². The third kappa shape index (κ3) is 4.87. The van der Waals surface area contributed by atoms with Gasteiger partial charge in [0.1, 0.15) is 16.0 Å². The summed E-state index contributed by atoms with van der Waals surface area (Å²) in [4.78, 5) is 39.2. The zero-order valence-electron chi connectivity index (χ0n) is 19.2. The highest BCUT2D eigenvalue weighted by molar-refractivity contribution is 7.18. The second-order valence-corrected chi connectivity index (χ2v) is 10.2. The number of aromatic nitrogens is 2. The van der Waals surface area contributed by atoms with E-state index in [0.29, 0.717) is 19.8 Å². The van der Waals surface area contributed by atoms with Gasteiger partial charge in [-0.25, -0.2) is 9.36 Å². The number of ether oxygens (including phenoxy) is 2. The molecule has 0 saturated heterocycles. The average Bonchev–Trinajstić information content (AvgIpc) is 3.40. The second kappa shape index (κ2) is 8.88. The van der Waals surface area contributed by atoms with Gasteiger partial charge in [0.25, 0.3) is 5.56 Å². The minimum absolute atomic E-state index is 0.00474. The number of esters is 1. The zero-order chi connectivity index (χ0) is 24.8. The first-order chi connectivity index (χ1) is 15.2. The molecule has 12 heteroatoms. The fourth-order valence-electron chi connectivity index (χ4n) is 3.73. The first-order valence-electron chi connectivity index (χ1n) is 10.5. The highest BCUT2D eigenvalue weighted by atomic mass is 32.1. The third-order valence-corrected chi connectivity index (χ3v) is 6.80. The molecule has 0 aliphatic heterocycles. The van der Waals surface area contributed by atoms with Gasteiger partial charge < -0.3 is 14.8 Å². The minimum Gasteiger partial charge on any atom is -0.459 e. The summed E-state index contributed by atoms with van der Waals surface area (Å²) >= 11 is 1.14. The van der Waals surface area contributed by atoms with Gasteiger partial charge in [0.15, 0.2) is 0 Å². The van der Waals surface area contributed by atoms with E-state index in [1.807, 2.05) is 0 Å². The van der Waals surface area contributed by atoms with E-state index in [-0.39, 0.29) is 44.5 Å². The van der Waals surface area contributed by atoms with Crippen LogP contribution in [0, 0.1) is 6.92 Å². The van der Waals surface area contributed by atoms with Crippen molar-refractivity contribution in [1.29, 1.82) is 0 Å². The molecule has 0 aromatic carbocycles. The molecule has 1 N–H and O–H groups in total. The van der Waals surface area contributed by atoms with Gasteiger partial charge in [0, 0.05) is 18.5 Å². The van der Waals surface area contributed by atoms with Crippen molar-refractivity contribution in [3.63, 3.8) is 0 Å². The van der Waals surface area contributed by atoms with Gasteiger partial charge in [-0.2, -0.15) is 13.2 Å². The number of nitrogens with one attached hydrogen (secondary N) is 1. The molecule has 184 valence electrons. The maximum Gasteiger partial charge on any atom is 0.412 e. The molecule has 0 amide bonds. The maximum atomic E-state index is 13.8. The van der Waals surface area contributed by atoms with Gasteiger partial charge >= 0.3 is 17.8 Å². The van der Waals surface area contributed by atoms with Crippen LogP contribution in [0.5, 0.6) is 0 Å². The summed E-state index contributed by atoms with van der Waals surface area (Å²) in [5.41, 5.74) is -4.55. The minimum atomic E-state index is -4.72. The SMILES string of the molecule is COCCn1c(=O)n(C2(C(F)(F)F)CC2)c(=O)c2c(C)c(CNCC(=O)OC(C)(C)C)sc21. The molecule has 1 saturated carbocycles. The molecule has 0 radical (unpaired) electrons. The molecule has 8 nitrogen and oxygen atoms in total. The zero-order valence-corrected chi connectivity index (χ0v) is 20.0. The number of nitrogens with zero attached hydrogens (tertiary/aromatic N) is 2. The van der Waals surface area contributed by atoms with E-state index in [1.165, 1.54) is 11.7 Å². The Labute approximate surface area is 192 Å². The van der Waals surface area contributed by atoms with Gasteiger partial charge in [0.2, 0.25) is 0 Å². The summed E-state index contributed by atoms with van der Waals surface area (Å²) in [6.07, 6.45) is -5.34. The Kier molecular flexibility index (Phi) is 6.84. The summed E-state index contributed by atoms with van der Waals surface area (Å²) in [6.45, 7) is 7.08. The van der Waals surface area contributed by atoms with Crippen molar-refractivity contribution in [2.75, 3.05) is 20.3 Å². The Balaban J connectivity index is 2.04. The van der Waals surface area contributed by atoms with Crippen molar-refractivity contribution < 1.29 is 27.4 Å². The van der Waals surface area contributed by atoms with E-state index in [9.17, 15) is 27.6 Å². The monoisotopic (exact) mass is 491 g/mol. The van der Waals surface area contributed by atoms with Crippen LogP contribution in [0.15, 0.2) is 9.59 Å². The van der Waals surface area contributed by atoms with Gasteiger partial charge in [0.05, 0.1) is 25.1 Å². The summed E-state index contributed by atoms with van der Waals surface area (Å²) < 4.78 is 53.2. The second-order valence-electron chi connectivity index (χ2n) is 9.12. The van der Waals surface area contributed by atoms with Crippen LogP contribution >= 0.6 is 11.3 Å². The predicted molar refractivity (Wildman–Crippen MR) is 118 cm³/mol. The molecular weight excluding hydrogens is 463 g/mol. The molecule has 1 aliphatic carbocycles. The molecule has 3 rings (SSSR count). The molecule has 0 unspecified atom stereocenters. The molecule has 0 spiro atoms. The van der Waals surface area contributed by atoms with Crippen molar-refractivity contribution in [1.82, 2.24) is 14.5 Å². The Morgan fingerprint density at radius 2 is 1.85 bits per heavy atom. The third-order valence-electron chi connectivity index (χ3n) is 5.48. The van der Waals surface area contributed by atoms with E-state index in [2.05, 4.69) is 5.32 Å². The molecular formula is C21H28F3N3O5S. The largest absolute Gasteiger partial charge is 0.459 e. The van der Waals surface area contributed by atoms with Crippen molar-refractivity contribution in [3.05, 3.63) is 31.3 Å². The lowest BCUT2D eigenvalue weighted by molar-refractivity contribution is -0.181. The summed E-state index contributed by atoms with van der Waals surface area (Å²) in [7, 11) is 1.42. The van der Waals surface area contributed by atoms with E-state index in [4.69, 9.17) is 9.47 Å². The number of methoxy groups -OCH3 is 1. The van der Waals surface area contributed by atoms with Crippen LogP contribution in [0.3, 0.4) is 0 Å². The Bertz CT molecular complexity index is 1170. The highest BCUT2D eigenvalue weighted by Crippen LogP contribution is 2.54. The standard InChI is InChI=1S/C21H28F3N3O5S/c1-12-13(10-25-11-14(28)32-19(2,3)4)33-17-15(12)16(29)27(18(30)26(17)8-9-31-5)20(6-7-20)21(22,23)24/h25H,6-11H2,1-5H3. The fraction of sp³-hybridized carbons (Fsp3) is 0.667. The smallest absolute Gasteiger partial charge is 0.412 e. The number of aryl methyl sites for hydroxylation is 1. The molecule has 0 bridgehead atoms. The lowest BCUT2D eigenvalue weighted by Crippen LogP contribution is -2.51. The molecule has 2 aromatic heterocycles. The lowest BCUT2D eigenvalue weighted by atomic mass is 10.2. The van der Waals surface area contributed by atoms with Crippen LogP contribution in [0.1, 0.15) is 44.1 Å². The Morgan fingerprint density at radius 1 is 1.21 bits per heavy atom. The number of carbonyl (C=O) groups excluding carboxylic acids is 1. The van der Waals surface area contributed by atoms with Crippen LogP contribution < -0.4 is 16.6 Å². The highest BCUT2D eigenvalue weighted by Gasteiger charge is 2.66. The van der Waals surface area contributed by atoms with Gasteiger partial charge in [-0.3, -0.25) is 14.2 Å². The van der Waals surface area contributed by atoms with Gasteiger partial charge in [-0.1, -0.05) is 0 Å². The lowest BCUT2D eigenvalue weighted by Gasteiger charge is -2.22. The summed E-state index contributed by atoms with van der Waals surface area (Å²) in [5.74, 6) is -0.457. The van der Waals surface area contributed by atoms with Gasteiger partial charge in [-0.15, -0.1) is 11.3 Å². The Morgan fingerprint density at radius 3 is 2.36 bits per heavy atom. The quantitative estimate of drug-likeness (QED) is 0.571. The first kappa shape index (κ1) is 25.4. The van der Waals surface area contributed by atoms with E-state index in [1.54, 1.807) is 27.7 Å². The average molecular weight is 492 g/mol. The number of thiophene rings is 1. The van der Waals surface area contributed by atoms with E-state index >= 15 is 0 Å². The van der Waals surface area contributed by atoms with Crippen LogP contribution in [0.2, 0.25) is 0 Å². The summed E-state index contributed by atoms with van der Waals surface area (Å²) in [5, 5.41) is 3.02. The molecule has 2 aromatic rings. The van der Waals surface area contributed by atoms with Crippen molar-refractivity contribution in [3.8, 4) is 0 Å². The molecule has 1 aliphatic rings. The number of hydrogen-bond donors (Lipinski definition) is 1. The molecule has 1 fully saturated rings. The van der Waals surface area contributed by atoms with E-state index < -0.39 is 34.5 Å². The van der Waals surface area contributed by atoms with Crippen LogP contribution in [0.25, 0.3) is 10.2 Å². The molecule has 33 heavy (non-hydrogen) atoms. The Hall–Kier alpha value is -2.18. The number of hydrogen-bond acceptors (Lipinski definition) is 7. The predicted octanol–water partition coefficient (Wildman–Crippen LogP) is 2.66. The number of carbonyl (C=O) groups is 1. The van der Waals surface area contributed by atoms with Crippen LogP contribution in [0.4, 0.5) is 13.2 Å². The van der Waals surface area contributed by atoms with Crippen molar-refractivity contribution in [2.24, 2.45) is 0 Å². The molecule has 2 heterocycles. The first-order valence-corrected chi connectivity index (χ1v) is 11.3. The van der Waals surface area contributed by atoms with Gasteiger partial charge in [-0.05, 0) is 46.1 Å². The normalized spacial score (nSPS) is 15.8. The van der Waals surface area contributed by atoms with Crippen LogP contribution in [-0.2, 0) is 32.9 Å². The van der Waals surface area contributed by atoms with Crippen molar-refractivity contribution in [2.45, 2.75) is 70.9 Å². The number of halogens is 3. The number of alkyl halides is 3.